The molecule has 11 heteroatoms. The number of rotatable bonds is 7. The predicted molar refractivity (Wildman–Crippen MR) is 123 cm³/mol. The fourth-order valence-electron chi connectivity index (χ4n) is 3.94. The zero-order valence-electron chi connectivity index (χ0n) is 17.3. The van der Waals surface area contributed by atoms with Crippen molar-refractivity contribution in [2.24, 2.45) is 0 Å². The molecule has 1 aliphatic rings. The minimum Gasteiger partial charge on any atom is -0.429 e. The largest absolute Gasteiger partial charge is 0.429 e. The topological polar surface area (TPSA) is 94.0 Å². The van der Waals surface area contributed by atoms with Crippen molar-refractivity contribution in [3.05, 3.63) is 65.3 Å². The lowest BCUT2D eigenvalue weighted by molar-refractivity contribution is -0.0509. The van der Waals surface area contributed by atoms with Gasteiger partial charge in [-0.3, -0.25) is 9.36 Å². The SMILES string of the molecule is O=c1c(OC(F)F)cccn1-c1ccc(N[C@H]2CC[C@H](Nc3nc4cccnc4s3)C2)nc1. The van der Waals surface area contributed by atoms with E-state index in [2.05, 4.69) is 30.3 Å². The van der Waals surface area contributed by atoms with Gasteiger partial charge in [0.1, 0.15) is 16.2 Å². The van der Waals surface area contributed by atoms with E-state index in [1.54, 1.807) is 29.7 Å². The Hall–Kier alpha value is -3.60. The van der Waals surface area contributed by atoms with E-state index in [4.69, 9.17) is 0 Å². The number of ether oxygens (including phenoxy) is 1. The van der Waals surface area contributed by atoms with Gasteiger partial charge in [0.25, 0.3) is 5.56 Å². The monoisotopic (exact) mass is 470 g/mol. The highest BCUT2D eigenvalue weighted by molar-refractivity contribution is 7.21. The Morgan fingerprint density at radius 2 is 1.94 bits per heavy atom. The Kier molecular flexibility index (Phi) is 5.86. The van der Waals surface area contributed by atoms with E-state index in [0.29, 0.717) is 17.5 Å². The second-order valence-corrected chi connectivity index (χ2v) is 8.65. The Morgan fingerprint density at radius 3 is 2.70 bits per heavy atom. The van der Waals surface area contributed by atoms with Crippen LogP contribution in [0, 0.1) is 0 Å². The Labute approximate surface area is 191 Å². The Balaban J connectivity index is 1.21. The third kappa shape index (κ3) is 4.77. The first-order valence-electron chi connectivity index (χ1n) is 10.4. The van der Waals surface area contributed by atoms with Crippen molar-refractivity contribution in [1.29, 1.82) is 0 Å². The van der Waals surface area contributed by atoms with E-state index in [9.17, 15) is 13.6 Å². The molecule has 0 aliphatic heterocycles. The zero-order chi connectivity index (χ0) is 22.8. The predicted octanol–water partition coefficient (Wildman–Crippen LogP) is 4.28. The smallest absolute Gasteiger partial charge is 0.387 e. The summed E-state index contributed by atoms with van der Waals surface area (Å²) in [7, 11) is 0. The van der Waals surface area contributed by atoms with Crippen LogP contribution in [0.3, 0.4) is 0 Å². The lowest BCUT2D eigenvalue weighted by atomic mass is 10.2. The van der Waals surface area contributed by atoms with Crippen LogP contribution in [0.4, 0.5) is 19.7 Å². The molecule has 0 bridgehead atoms. The van der Waals surface area contributed by atoms with Crippen LogP contribution in [0.2, 0.25) is 0 Å². The molecule has 1 saturated carbocycles. The summed E-state index contributed by atoms with van der Waals surface area (Å²) in [6, 6.07) is 10.5. The van der Waals surface area contributed by atoms with Crippen LogP contribution in [0.15, 0.2) is 59.8 Å². The lowest BCUT2D eigenvalue weighted by Gasteiger charge is -2.15. The van der Waals surface area contributed by atoms with Crippen molar-refractivity contribution in [3.63, 3.8) is 0 Å². The molecule has 33 heavy (non-hydrogen) atoms. The van der Waals surface area contributed by atoms with Gasteiger partial charge in [0.05, 0.1) is 11.9 Å². The summed E-state index contributed by atoms with van der Waals surface area (Å²) in [5.41, 5.74) is 0.683. The maximum Gasteiger partial charge on any atom is 0.387 e. The molecular formula is C22H20F2N6O2S. The number of hydrogen-bond acceptors (Lipinski definition) is 8. The molecule has 8 nitrogen and oxygen atoms in total. The molecule has 2 N–H and O–H groups in total. The molecule has 1 fully saturated rings. The van der Waals surface area contributed by atoms with Crippen LogP contribution in [0.1, 0.15) is 19.3 Å². The van der Waals surface area contributed by atoms with Crippen LogP contribution in [-0.2, 0) is 0 Å². The third-order valence-electron chi connectivity index (χ3n) is 5.43. The number of halogens is 2. The number of aromatic nitrogens is 4. The summed E-state index contributed by atoms with van der Waals surface area (Å²) in [5, 5.41) is 7.80. The van der Waals surface area contributed by atoms with Gasteiger partial charge in [0.15, 0.2) is 10.9 Å². The number of anilines is 2. The minimum absolute atomic E-state index is 0.249. The van der Waals surface area contributed by atoms with Crippen LogP contribution in [0.25, 0.3) is 16.0 Å². The van der Waals surface area contributed by atoms with Crippen molar-refractivity contribution >= 4 is 32.6 Å². The second kappa shape index (κ2) is 9.10. The van der Waals surface area contributed by atoms with Gasteiger partial charge in [0.2, 0.25) is 0 Å². The lowest BCUT2D eigenvalue weighted by Crippen LogP contribution is -2.22. The number of alkyl halides is 2. The average molecular weight is 471 g/mol. The molecule has 0 amide bonds. The fraction of sp³-hybridized carbons (Fsp3) is 0.273. The summed E-state index contributed by atoms with van der Waals surface area (Å²) in [4.78, 5) is 26.6. The Morgan fingerprint density at radius 1 is 1.09 bits per heavy atom. The van der Waals surface area contributed by atoms with Gasteiger partial charge in [-0.2, -0.15) is 8.78 Å². The molecule has 0 saturated heterocycles. The number of fused-ring (bicyclic) bond motifs is 1. The minimum atomic E-state index is -3.06. The maximum atomic E-state index is 12.5. The average Bonchev–Trinajstić information content (AvgIpc) is 3.42. The van der Waals surface area contributed by atoms with E-state index in [1.807, 2.05) is 12.1 Å². The van der Waals surface area contributed by atoms with Gasteiger partial charge in [-0.1, -0.05) is 11.3 Å². The molecule has 4 aromatic heterocycles. The van der Waals surface area contributed by atoms with Gasteiger partial charge in [-0.15, -0.1) is 0 Å². The number of pyridine rings is 3. The van der Waals surface area contributed by atoms with E-state index >= 15 is 0 Å². The van der Waals surface area contributed by atoms with Crippen LogP contribution < -0.4 is 20.9 Å². The van der Waals surface area contributed by atoms with Gasteiger partial charge >= 0.3 is 6.61 Å². The normalized spacial score (nSPS) is 18.0. The number of nitrogens with one attached hydrogen (secondary N) is 2. The third-order valence-corrected chi connectivity index (χ3v) is 6.34. The van der Waals surface area contributed by atoms with E-state index in [1.165, 1.54) is 29.1 Å². The molecule has 0 aromatic carbocycles. The molecule has 170 valence electrons. The van der Waals surface area contributed by atoms with Crippen LogP contribution >= 0.6 is 11.3 Å². The molecule has 0 radical (unpaired) electrons. The van der Waals surface area contributed by atoms with E-state index in [0.717, 1.165) is 34.7 Å². The van der Waals surface area contributed by atoms with Crippen molar-refractivity contribution in [2.45, 2.75) is 38.0 Å². The van der Waals surface area contributed by atoms with Gasteiger partial charge < -0.3 is 15.4 Å². The first-order valence-corrected chi connectivity index (χ1v) is 11.2. The quantitative estimate of drug-likeness (QED) is 0.416. The zero-order valence-corrected chi connectivity index (χ0v) is 18.1. The number of nitrogens with zero attached hydrogens (tertiary/aromatic N) is 4. The first kappa shape index (κ1) is 21.3. The summed E-state index contributed by atoms with van der Waals surface area (Å²) in [5.74, 6) is 0.268. The molecule has 1 aliphatic carbocycles. The molecule has 4 heterocycles. The standard InChI is InChI=1S/C22H20F2N6O2S/c23-21(24)32-17-4-2-10-30(20(17)31)15-7-8-18(26-12-15)27-13-5-6-14(11-13)28-22-29-16-3-1-9-25-19(16)33-22/h1-4,7-10,12-14,21H,5-6,11H2,(H,26,27)(H,28,29)/t13-,14-/m0/s1. The highest BCUT2D eigenvalue weighted by Gasteiger charge is 2.25. The summed E-state index contributed by atoms with van der Waals surface area (Å²) in [6.07, 6.45) is 7.67. The number of hydrogen-bond donors (Lipinski definition) is 2. The molecule has 0 unspecified atom stereocenters. The molecule has 5 rings (SSSR count). The van der Waals surface area contributed by atoms with Gasteiger partial charge in [-0.25, -0.2) is 15.0 Å². The second-order valence-electron chi connectivity index (χ2n) is 7.67. The molecule has 0 spiro atoms. The van der Waals surface area contributed by atoms with Gasteiger partial charge in [0, 0.05) is 24.5 Å². The summed E-state index contributed by atoms with van der Waals surface area (Å²) in [6.45, 7) is -3.06. The summed E-state index contributed by atoms with van der Waals surface area (Å²) >= 11 is 1.55. The Bertz CT molecular complexity index is 1280. The van der Waals surface area contributed by atoms with Crippen LogP contribution in [0.5, 0.6) is 5.75 Å². The van der Waals surface area contributed by atoms with E-state index < -0.39 is 17.9 Å². The van der Waals surface area contributed by atoms with Gasteiger partial charge in [-0.05, 0) is 55.7 Å². The summed E-state index contributed by atoms with van der Waals surface area (Å²) < 4.78 is 30.5. The number of thiazole rings is 1. The first-order chi connectivity index (χ1) is 16.0. The maximum absolute atomic E-state index is 12.5. The van der Waals surface area contributed by atoms with Crippen LogP contribution in [-0.4, -0.2) is 38.2 Å². The highest BCUT2D eigenvalue weighted by Crippen LogP contribution is 2.29. The van der Waals surface area contributed by atoms with Crippen molar-refractivity contribution in [1.82, 2.24) is 19.5 Å². The van der Waals surface area contributed by atoms with Crippen molar-refractivity contribution in [3.8, 4) is 11.4 Å². The highest BCUT2D eigenvalue weighted by atomic mass is 32.1. The van der Waals surface area contributed by atoms with Crippen molar-refractivity contribution < 1.29 is 13.5 Å². The fourth-order valence-corrected chi connectivity index (χ4v) is 4.82. The van der Waals surface area contributed by atoms with Crippen molar-refractivity contribution in [2.75, 3.05) is 10.6 Å². The van der Waals surface area contributed by atoms with E-state index in [-0.39, 0.29) is 6.04 Å². The molecule has 4 aromatic rings. The molecule has 2 atom stereocenters. The molecular weight excluding hydrogens is 450 g/mol.